The maximum Gasteiger partial charge on any atom is 0.265 e. The first-order chi connectivity index (χ1) is 16.0. The topological polar surface area (TPSA) is 85.1 Å². The summed E-state index contributed by atoms with van der Waals surface area (Å²) in [6, 6.07) is 10.7. The van der Waals surface area contributed by atoms with Gasteiger partial charge in [0, 0.05) is 34.8 Å². The molecule has 0 unspecified atom stereocenters. The van der Waals surface area contributed by atoms with Gasteiger partial charge in [-0.2, -0.15) is 0 Å². The maximum atomic E-state index is 13.8. The minimum Gasteiger partial charge on any atom is -0.392 e. The normalized spacial score (nSPS) is 13.2. The number of aliphatic hydroxyl groups is 1. The minimum absolute atomic E-state index is 0.0286. The lowest BCUT2D eigenvalue weighted by Gasteiger charge is -2.23. The highest BCUT2D eigenvalue weighted by molar-refractivity contribution is 7.13. The van der Waals surface area contributed by atoms with Gasteiger partial charge in [-0.25, -0.2) is 9.97 Å². The Morgan fingerprint density at radius 3 is 2.76 bits per heavy atom. The Hall–Kier alpha value is -3.13. The fraction of sp³-hybridized carbons (Fsp3) is 0.200. The van der Waals surface area contributed by atoms with Gasteiger partial charge >= 0.3 is 0 Å². The molecule has 0 spiro atoms. The maximum absolute atomic E-state index is 13.8. The van der Waals surface area contributed by atoms with Crippen molar-refractivity contribution in [2.75, 3.05) is 0 Å². The lowest BCUT2D eigenvalue weighted by molar-refractivity contribution is 0.0971. The van der Waals surface area contributed by atoms with Crippen molar-refractivity contribution in [2.45, 2.75) is 32.8 Å². The van der Waals surface area contributed by atoms with Crippen LogP contribution in [0.25, 0.3) is 27.5 Å². The molecule has 6 nitrogen and oxygen atoms in total. The molecule has 0 bridgehead atoms. The van der Waals surface area contributed by atoms with Crippen molar-refractivity contribution in [1.29, 1.82) is 0 Å². The molecule has 1 N–H and O–H groups in total. The van der Waals surface area contributed by atoms with Gasteiger partial charge in [-0.1, -0.05) is 23.7 Å². The summed E-state index contributed by atoms with van der Waals surface area (Å²) in [6.45, 7) is 1.76. The Morgan fingerprint density at radius 2 is 2.00 bits per heavy atom. The molecule has 4 aromatic rings. The number of aromatic nitrogens is 3. The van der Waals surface area contributed by atoms with Crippen LogP contribution in [0.1, 0.15) is 40.0 Å². The molecule has 1 aromatic carbocycles. The zero-order valence-corrected chi connectivity index (χ0v) is 19.4. The molecule has 0 radical (unpaired) electrons. The first-order valence-corrected chi connectivity index (χ1v) is 11.8. The second-order valence-corrected chi connectivity index (χ2v) is 9.21. The fourth-order valence-corrected chi connectivity index (χ4v) is 5.19. The van der Waals surface area contributed by atoms with Crippen LogP contribution in [0.15, 0.2) is 52.8 Å². The number of ketones is 1. The fourth-order valence-electron chi connectivity index (χ4n) is 4.24. The van der Waals surface area contributed by atoms with E-state index in [9.17, 15) is 14.7 Å². The van der Waals surface area contributed by atoms with Gasteiger partial charge in [0.1, 0.15) is 10.2 Å². The van der Waals surface area contributed by atoms with Gasteiger partial charge in [-0.15, -0.1) is 11.3 Å². The van der Waals surface area contributed by atoms with E-state index in [-0.39, 0.29) is 17.9 Å². The van der Waals surface area contributed by atoms with Crippen molar-refractivity contribution in [3.63, 3.8) is 0 Å². The summed E-state index contributed by atoms with van der Waals surface area (Å²) in [5.74, 6) is 0.0286. The van der Waals surface area contributed by atoms with Crippen molar-refractivity contribution in [3.8, 4) is 27.5 Å². The predicted octanol–water partition coefficient (Wildman–Crippen LogP) is 5.00. The van der Waals surface area contributed by atoms with Gasteiger partial charge < -0.3 is 5.11 Å². The van der Waals surface area contributed by atoms with E-state index in [1.807, 2.05) is 36.6 Å². The van der Waals surface area contributed by atoms with Crippen molar-refractivity contribution >= 4 is 28.7 Å². The second-order valence-electron chi connectivity index (χ2n) is 7.96. The van der Waals surface area contributed by atoms with Crippen molar-refractivity contribution in [1.82, 2.24) is 14.5 Å². The largest absolute Gasteiger partial charge is 0.392 e. The van der Waals surface area contributed by atoms with Gasteiger partial charge in [0.25, 0.3) is 5.56 Å². The molecule has 0 saturated carbocycles. The van der Waals surface area contributed by atoms with Gasteiger partial charge in [-0.05, 0) is 55.2 Å². The molecule has 3 heterocycles. The molecule has 1 aliphatic rings. The van der Waals surface area contributed by atoms with E-state index in [1.54, 1.807) is 22.9 Å². The van der Waals surface area contributed by atoms with E-state index >= 15 is 0 Å². The third kappa shape index (κ3) is 3.82. The number of carbonyl (C=O) groups excluding carboxylic acids is 1. The zero-order valence-electron chi connectivity index (χ0n) is 17.8. The number of halogens is 1. The second kappa shape index (κ2) is 8.67. The van der Waals surface area contributed by atoms with Crippen molar-refractivity contribution in [3.05, 3.63) is 85.9 Å². The van der Waals surface area contributed by atoms with E-state index in [0.717, 1.165) is 22.4 Å². The highest BCUT2D eigenvalue weighted by Gasteiger charge is 2.26. The van der Waals surface area contributed by atoms with E-state index in [2.05, 4.69) is 9.97 Å². The van der Waals surface area contributed by atoms with E-state index in [1.165, 1.54) is 11.3 Å². The van der Waals surface area contributed by atoms with Crippen LogP contribution in [0, 0.1) is 6.92 Å². The average Bonchev–Trinajstić information content (AvgIpc) is 3.30. The molecule has 0 amide bonds. The molecule has 0 fully saturated rings. The van der Waals surface area contributed by atoms with Gasteiger partial charge in [0.15, 0.2) is 5.78 Å². The predicted molar refractivity (Wildman–Crippen MR) is 129 cm³/mol. The molecule has 0 atom stereocenters. The van der Waals surface area contributed by atoms with Crippen LogP contribution in [0.4, 0.5) is 0 Å². The first kappa shape index (κ1) is 21.7. The number of pyridine rings is 2. The molecular weight excluding hydrogens is 458 g/mol. The highest BCUT2D eigenvalue weighted by Crippen LogP contribution is 2.32. The molecule has 3 aromatic heterocycles. The number of carbonyl (C=O) groups is 1. The summed E-state index contributed by atoms with van der Waals surface area (Å²) >= 11 is 7.24. The number of rotatable bonds is 4. The van der Waals surface area contributed by atoms with E-state index in [0.29, 0.717) is 51.9 Å². The monoisotopic (exact) mass is 477 g/mol. The molecule has 166 valence electrons. The number of benzene rings is 1. The Labute approximate surface area is 199 Å². The smallest absolute Gasteiger partial charge is 0.265 e. The molecule has 8 heteroatoms. The third-order valence-corrected chi connectivity index (χ3v) is 7.11. The quantitative estimate of drug-likeness (QED) is 0.418. The van der Waals surface area contributed by atoms with Crippen LogP contribution in [0.2, 0.25) is 5.15 Å². The zero-order chi connectivity index (χ0) is 23.1. The molecule has 1 aliphatic carbocycles. The molecular formula is C25H20ClN3O3S. The summed E-state index contributed by atoms with van der Waals surface area (Å²) in [5.41, 5.74) is 5.16. The summed E-state index contributed by atoms with van der Waals surface area (Å²) < 4.78 is 1.64. The summed E-state index contributed by atoms with van der Waals surface area (Å²) in [5, 5.41) is 12.5. The van der Waals surface area contributed by atoms with Crippen LogP contribution in [0.3, 0.4) is 0 Å². The number of aliphatic hydroxyl groups excluding tert-OH is 1. The van der Waals surface area contributed by atoms with Crippen LogP contribution in [-0.2, 0) is 13.0 Å². The minimum atomic E-state index is -0.225. The highest BCUT2D eigenvalue weighted by atomic mass is 35.5. The van der Waals surface area contributed by atoms with Crippen molar-refractivity contribution < 1.29 is 9.90 Å². The number of hydrogen-bond acceptors (Lipinski definition) is 6. The Bertz CT molecular complexity index is 1440. The molecule has 0 saturated heterocycles. The number of thiazole rings is 1. The molecule has 5 rings (SSSR count). The standard InChI is InChI=1S/C25H20ClN3O3S/c1-14-16(12-30)4-2-5-20(14)29-21-6-3-7-22(31)17(21)10-18(25(29)32)24-28-19(13-33-24)15-8-9-23(26)27-11-15/h2,4-5,8-11,13,30H,3,6-7,12H2,1H3. The molecule has 33 heavy (non-hydrogen) atoms. The van der Waals surface area contributed by atoms with Gasteiger partial charge in [0.2, 0.25) is 0 Å². The Morgan fingerprint density at radius 1 is 1.15 bits per heavy atom. The number of hydrogen-bond donors (Lipinski definition) is 1. The Kier molecular flexibility index (Phi) is 5.70. The van der Waals surface area contributed by atoms with Crippen molar-refractivity contribution in [2.24, 2.45) is 0 Å². The SMILES string of the molecule is Cc1c(CO)cccc1-n1c2c(cc(-c3nc(-c4ccc(Cl)nc4)cs3)c1=O)C(=O)CCC2. The number of fused-ring (bicyclic) bond motifs is 1. The van der Waals surface area contributed by atoms with Crippen LogP contribution < -0.4 is 5.56 Å². The van der Waals surface area contributed by atoms with E-state index in [4.69, 9.17) is 11.6 Å². The summed E-state index contributed by atoms with van der Waals surface area (Å²) in [6.07, 6.45) is 3.44. The van der Waals surface area contributed by atoms with Gasteiger partial charge in [0.05, 0.1) is 23.6 Å². The third-order valence-electron chi connectivity index (χ3n) is 6.01. The summed E-state index contributed by atoms with van der Waals surface area (Å²) in [7, 11) is 0. The van der Waals surface area contributed by atoms with Crippen LogP contribution >= 0.6 is 22.9 Å². The number of Topliss-reactive ketones (excluding diaryl/α,β-unsaturated/α-hetero) is 1. The number of nitrogens with zero attached hydrogens (tertiary/aromatic N) is 3. The van der Waals surface area contributed by atoms with Crippen LogP contribution in [-0.4, -0.2) is 25.4 Å². The Balaban J connectivity index is 1.73. The lowest BCUT2D eigenvalue weighted by atomic mass is 9.92. The average molecular weight is 478 g/mol. The summed E-state index contributed by atoms with van der Waals surface area (Å²) in [4.78, 5) is 35.4. The van der Waals surface area contributed by atoms with E-state index < -0.39 is 0 Å². The van der Waals surface area contributed by atoms with Gasteiger partial charge in [-0.3, -0.25) is 14.2 Å². The lowest BCUT2D eigenvalue weighted by Crippen LogP contribution is -2.29. The molecule has 0 aliphatic heterocycles. The van der Waals surface area contributed by atoms with Crippen LogP contribution in [0.5, 0.6) is 0 Å². The first-order valence-electron chi connectivity index (χ1n) is 10.6.